The highest BCUT2D eigenvalue weighted by Crippen LogP contribution is 2.10. The number of benzene rings is 1. The zero-order chi connectivity index (χ0) is 15.5. The molecule has 0 unspecified atom stereocenters. The summed E-state index contributed by atoms with van der Waals surface area (Å²) in [5.41, 5.74) is 0.469. The third-order valence-corrected chi connectivity index (χ3v) is 3.91. The Morgan fingerprint density at radius 1 is 1.45 bits per heavy atom. The number of para-hydroxylation sites is 1. The number of rotatable bonds is 4. The Morgan fingerprint density at radius 3 is 3.05 bits per heavy atom. The number of hydrogen-bond donors (Lipinski definition) is 1. The van der Waals surface area contributed by atoms with E-state index < -0.39 is 0 Å². The van der Waals surface area contributed by atoms with Gasteiger partial charge < -0.3 is 10.1 Å². The molecule has 1 N–H and O–H groups in total. The van der Waals surface area contributed by atoms with E-state index in [2.05, 4.69) is 10.3 Å². The standard InChI is InChI=1S/C16H19N3O3/c1-11-18-14-7-3-2-6-13(14)16(21)19(11)10-15(20)17-9-12-5-4-8-22-12/h2-3,6-7,12H,4-5,8-10H2,1H3,(H,17,20)/t12-/m0/s1. The fourth-order valence-corrected chi connectivity index (χ4v) is 2.70. The predicted molar refractivity (Wildman–Crippen MR) is 82.7 cm³/mol. The van der Waals surface area contributed by atoms with Gasteiger partial charge in [-0.05, 0) is 31.9 Å². The van der Waals surface area contributed by atoms with E-state index in [-0.39, 0.29) is 24.1 Å². The van der Waals surface area contributed by atoms with E-state index in [9.17, 15) is 9.59 Å². The molecular formula is C16H19N3O3. The molecule has 0 saturated carbocycles. The summed E-state index contributed by atoms with van der Waals surface area (Å²) < 4.78 is 6.87. The average molecular weight is 301 g/mol. The molecule has 6 heteroatoms. The molecule has 1 saturated heterocycles. The smallest absolute Gasteiger partial charge is 0.261 e. The fourth-order valence-electron chi connectivity index (χ4n) is 2.70. The SMILES string of the molecule is Cc1nc2ccccc2c(=O)n1CC(=O)NC[C@@H]1CCCO1. The Hall–Kier alpha value is -2.21. The number of aromatic nitrogens is 2. The van der Waals surface area contributed by atoms with Crippen molar-refractivity contribution in [2.45, 2.75) is 32.4 Å². The van der Waals surface area contributed by atoms with E-state index in [0.717, 1.165) is 19.4 Å². The van der Waals surface area contributed by atoms with Gasteiger partial charge in [0.05, 0.1) is 17.0 Å². The summed E-state index contributed by atoms with van der Waals surface area (Å²) in [6.45, 7) is 2.97. The average Bonchev–Trinajstić information content (AvgIpc) is 3.03. The summed E-state index contributed by atoms with van der Waals surface area (Å²) in [4.78, 5) is 28.9. The molecule has 1 aromatic carbocycles. The lowest BCUT2D eigenvalue weighted by Crippen LogP contribution is -2.37. The topological polar surface area (TPSA) is 73.2 Å². The first kappa shape index (κ1) is 14.7. The van der Waals surface area contributed by atoms with Crippen LogP contribution in [0.15, 0.2) is 29.1 Å². The number of aryl methyl sites for hydroxylation is 1. The molecule has 6 nitrogen and oxygen atoms in total. The number of hydrogen-bond acceptors (Lipinski definition) is 4. The van der Waals surface area contributed by atoms with Crippen LogP contribution in [-0.2, 0) is 16.1 Å². The minimum Gasteiger partial charge on any atom is -0.376 e. The van der Waals surface area contributed by atoms with Crippen LogP contribution < -0.4 is 10.9 Å². The van der Waals surface area contributed by atoms with Crippen LogP contribution in [0, 0.1) is 6.92 Å². The van der Waals surface area contributed by atoms with Gasteiger partial charge >= 0.3 is 0 Å². The van der Waals surface area contributed by atoms with Gasteiger partial charge in [-0.2, -0.15) is 0 Å². The van der Waals surface area contributed by atoms with Crippen molar-refractivity contribution >= 4 is 16.8 Å². The zero-order valence-corrected chi connectivity index (χ0v) is 12.5. The van der Waals surface area contributed by atoms with Crippen molar-refractivity contribution in [2.75, 3.05) is 13.2 Å². The molecule has 2 heterocycles. The maximum Gasteiger partial charge on any atom is 0.261 e. The number of fused-ring (bicyclic) bond motifs is 1. The summed E-state index contributed by atoms with van der Waals surface area (Å²) in [6, 6.07) is 7.16. The minimum atomic E-state index is -0.196. The van der Waals surface area contributed by atoms with E-state index in [4.69, 9.17) is 4.74 Å². The third-order valence-electron chi connectivity index (χ3n) is 3.91. The summed E-state index contributed by atoms with van der Waals surface area (Å²) in [5, 5.41) is 3.35. The summed E-state index contributed by atoms with van der Waals surface area (Å²) >= 11 is 0. The Labute approximate surface area is 128 Å². The van der Waals surface area contributed by atoms with Crippen LogP contribution in [0.3, 0.4) is 0 Å². The van der Waals surface area contributed by atoms with Gasteiger partial charge in [0.1, 0.15) is 12.4 Å². The van der Waals surface area contributed by atoms with Gasteiger partial charge in [-0.15, -0.1) is 0 Å². The van der Waals surface area contributed by atoms with E-state index in [0.29, 0.717) is 23.3 Å². The van der Waals surface area contributed by atoms with Gasteiger partial charge in [-0.25, -0.2) is 4.98 Å². The van der Waals surface area contributed by atoms with Crippen molar-refractivity contribution in [3.05, 3.63) is 40.4 Å². The molecule has 0 aliphatic carbocycles. The van der Waals surface area contributed by atoms with Crippen LogP contribution in [-0.4, -0.2) is 34.7 Å². The minimum absolute atomic E-state index is 0.0186. The van der Waals surface area contributed by atoms with E-state index in [1.54, 1.807) is 25.1 Å². The maximum atomic E-state index is 12.5. The number of nitrogens with zero attached hydrogens (tertiary/aromatic N) is 2. The van der Waals surface area contributed by atoms with Gasteiger partial charge in [0.25, 0.3) is 5.56 Å². The molecule has 1 aromatic heterocycles. The third kappa shape index (κ3) is 3.01. The number of amides is 1. The number of nitrogens with one attached hydrogen (secondary N) is 1. The lowest BCUT2D eigenvalue weighted by Gasteiger charge is -2.13. The number of carbonyl (C=O) groups excluding carboxylic acids is 1. The Morgan fingerprint density at radius 2 is 2.27 bits per heavy atom. The normalized spacial score (nSPS) is 17.8. The summed E-state index contributed by atoms with van der Waals surface area (Å²) in [7, 11) is 0. The first-order chi connectivity index (χ1) is 10.6. The predicted octanol–water partition coefficient (Wildman–Crippen LogP) is 1.00. The van der Waals surface area contributed by atoms with Gasteiger partial charge in [0.2, 0.25) is 5.91 Å². The van der Waals surface area contributed by atoms with Gasteiger partial charge in [-0.1, -0.05) is 12.1 Å². The van der Waals surface area contributed by atoms with E-state index in [1.807, 2.05) is 6.07 Å². The van der Waals surface area contributed by atoms with Crippen molar-refractivity contribution in [2.24, 2.45) is 0 Å². The maximum absolute atomic E-state index is 12.5. The lowest BCUT2D eigenvalue weighted by molar-refractivity contribution is -0.122. The summed E-state index contributed by atoms with van der Waals surface area (Å²) in [6.07, 6.45) is 2.10. The first-order valence-electron chi connectivity index (χ1n) is 7.49. The largest absolute Gasteiger partial charge is 0.376 e. The molecule has 116 valence electrons. The van der Waals surface area contributed by atoms with Crippen LogP contribution in [0.5, 0.6) is 0 Å². The highest BCUT2D eigenvalue weighted by atomic mass is 16.5. The Kier molecular flexibility index (Phi) is 4.20. The van der Waals surface area contributed by atoms with Crippen molar-refractivity contribution in [1.82, 2.24) is 14.9 Å². The first-order valence-corrected chi connectivity index (χ1v) is 7.49. The molecule has 2 aromatic rings. The Balaban J connectivity index is 1.75. The number of ether oxygens (including phenoxy) is 1. The molecule has 0 radical (unpaired) electrons. The highest BCUT2D eigenvalue weighted by Gasteiger charge is 2.17. The van der Waals surface area contributed by atoms with Gasteiger partial charge in [-0.3, -0.25) is 14.2 Å². The number of carbonyl (C=O) groups is 1. The van der Waals surface area contributed by atoms with Crippen molar-refractivity contribution < 1.29 is 9.53 Å². The Bertz CT molecular complexity index is 748. The summed E-state index contributed by atoms with van der Waals surface area (Å²) in [5.74, 6) is 0.341. The zero-order valence-electron chi connectivity index (χ0n) is 12.5. The lowest BCUT2D eigenvalue weighted by atomic mass is 10.2. The molecule has 1 atom stereocenters. The molecule has 0 bridgehead atoms. The van der Waals surface area contributed by atoms with Crippen LogP contribution in [0.4, 0.5) is 0 Å². The van der Waals surface area contributed by atoms with E-state index in [1.165, 1.54) is 4.57 Å². The quantitative estimate of drug-likeness (QED) is 0.914. The monoisotopic (exact) mass is 301 g/mol. The second-order valence-electron chi connectivity index (χ2n) is 5.51. The molecule has 22 heavy (non-hydrogen) atoms. The molecule has 1 fully saturated rings. The van der Waals surface area contributed by atoms with Crippen LogP contribution in [0.25, 0.3) is 10.9 Å². The fraction of sp³-hybridized carbons (Fsp3) is 0.438. The van der Waals surface area contributed by atoms with Crippen molar-refractivity contribution in [3.63, 3.8) is 0 Å². The van der Waals surface area contributed by atoms with Crippen LogP contribution in [0.1, 0.15) is 18.7 Å². The molecule has 1 aliphatic heterocycles. The second kappa shape index (κ2) is 6.27. The molecular weight excluding hydrogens is 282 g/mol. The second-order valence-corrected chi connectivity index (χ2v) is 5.51. The molecule has 0 spiro atoms. The van der Waals surface area contributed by atoms with Crippen molar-refractivity contribution in [3.8, 4) is 0 Å². The van der Waals surface area contributed by atoms with Gasteiger partial charge in [0, 0.05) is 13.2 Å². The van der Waals surface area contributed by atoms with E-state index >= 15 is 0 Å². The molecule has 1 amide bonds. The van der Waals surface area contributed by atoms with Crippen LogP contribution >= 0.6 is 0 Å². The highest BCUT2D eigenvalue weighted by molar-refractivity contribution is 5.79. The van der Waals surface area contributed by atoms with Crippen molar-refractivity contribution in [1.29, 1.82) is 0 Å². The molecule has 3 rings (SSSR count). The van der Waals surface area contributed by atoms with Crippen LogP contribution in [0.2, 0.25) is 0 Å². The molecule has 1 aliphatic rings. The van der Waals surface area contributed by atoms with Gasteiger partial charge in [0.15, 0.2) is 0 Å².